The molecule has 0 saturated carbocycles. The molecule has 0 spiro atoms. The van der Waals surface area contributed by atoms with E-state index in [4.69, 9.17) is 10.00 Å². The van der Waals surface area contributed by atoms with Crippen molar-refractivity contribution >= 4 is 12.6 Å². The minimum atomic E-state index is 0.270. The summed E-state index contributed by atoms with van der Waals surface area (Å²) in [6.45, 7) is 7.90. The van der Waals surface area contributed by atoms with Gasteiger partial charge in [0.2, 0.25) is 0 Å². The zero-order chi connectivity index (χ0) is 13.1. The molecule has 4 heteroatoms. The zero-order valence-corrected chi connectivity index (χ0v) is 12.3. The highest BCUT2D eigenvalue weighted by Gasteiger charge is 2.27. The molecule has 0 atom stereocenters. The predicted molar refractivity (Wildman–Crippen MR) is 75.4 cm³/mol. The van der Waals surface area contributed by atoms with Crippen molar-refractivity contribution in [2.75, 3.05) is 39.1 Å². The standard InChI is InChI=1S/C13H26N2OS/c1-4-13(5-2,12-17)11-15(8-6-7-14)9-10-16-3/h17H,4-6,8-12H2,1-3H3. The Morgan fingerprint density at radius 2 is 1.94 bits per heavy atom. The summed E-state index contributed by atoms with van der Waals surface area (Å²) in [6, 6.07) is 2.21. The molecule has 0 heterocycles. The highest BCUT2D eigenvalue weighted by molar-refractivity contribution is 7.80. The van der Waals surface area contributed by atoms with Crippen LogP contribution in [-0.2, 0) is 4.74 Å². The van der Waals surface area contributed by atoms with E-state index >= 15 is 0 Å². The highest BCUT2D eigenvalue weighted by Crippen LogP contribution is 2.29. The third-order valence-electron chi connectivity index (χ3n) is 3.55. The number of rotatable bonds is 10. The Balaban J connectivity index is 4.41. The van der Waals surface area contributed by atoms with E-state index < -0.39 is 0 Å². The van der Waals surface area contributed by atoms with Gasteiger partial charge in [0.15, 0.2) is 0 Å². The molecule has 0 aliphatic heterocycles. The lowest BCUT2D eigenvalue weighted by molar-refractivity contribution is 0.111. The molecule has 0 bridgehead atoms. The summed E-state index contributed by atoms with van der Waals surface area (Å²) >= 11 is 4.50. The lowest BCUT2D eigenvalue weighted by Crippen LogP contribution is -2.40. The molecule has 3 nitrogen and oxygen atoms in total. The fraction of sp³-hybridized carbons (Fsp3) is 0.923. The van der Waals surface area contributed by atoms with Crippen molar-refractivity contribution in [1.29, 1.82) is 5.26 Å². The van der Waals surface area contributed by atoms with Crippen LogP contribution in [0, 0.1) is 16.7 Å². The summed E-state index contributed by atoms with van der Waals surface area (Å²) in [6.07, 6.45) is 2.84. The van der Waals surface area contributed by atoms with Gasteiger partial charge in [0.25, 0.3) is 0 Å². The van der Waals surface area contributed by atoms with Crippen LogP contribution in [0.2, 0.25) is 0 Å². The number of hydrogen-bond acceptors (Lipinski definition) is 4. The van der Waals surface area contributed by atoms with Crippen LogP contribution in [0.25, 0.3) is 0 Å². The fourth-order valence-electron chi connectivity index (χ4n) is 1.92. The van der Waals surface area contributed by atoms with Gasteiger partial charge < -0.3 is 4.74 Å². The molecule has 0 aromatic carbocycles. The number of methoxy groups -OCH3 is 1. The summed E-state index contributed by atoms with van der Waals surface area (Å²) in [4.78, 5) is 2.33. The monoisotopic (exact) mass is 258 g/mol. The second-order valence-electron chi connectivity index (χ2n) is 4.54. The van der Waals surface area contributed by atoms with Crippen LogP contribution >= 0.6 is 12.6 Å². The summed E-state index contributed by atoms with van der Waals surface area (Å²) < 4.78 is 5.12. The zero-order valence-electron chi connectivity index (χ0n) is 11.4. The molecule has 0 radical (unpaired) electrons. The van der Waals surface area contributed by atoms with Gasteiger partial charge in [0.1, 0.15) is 0 Å². The third kappa shape index (κ3) is 6.30. The third-order valence-corrected chi connectivity index (χ3v) is 4.22. The van der Waals surface area contributed by atoms with Crippen LogP contribution in [0.5, 0.6) is 0 Å². The molecule has 0 unspecified atom stereocenters. The van der Waals surface area contributed by atoms with Crippen molar-refractivity contribution in [2.24, 2.45) is 5.41 Å². The average molecular weight is 258 g/mol. The van der Waals surface area contributed by atoms with Crippen molar-refractivity contribution < 1.29 is 4.74 Å². The Kier molecular flexibility index (Phi) is 9.62. The highest BCUT2D eigenvalue weighted by atomic mass is 32.1. The summed E-state index contributed by atoms with van der Waals surface area (Å²) in [7, 11) is 1.72. The van der Waals surface area contributed by atoms with Gasteiger partial charge in [-0.05, 0) is 24.0 Å². The lowest BCUT2D eigenvalue weighted by Gasteiger charge is -2.36. The first-order valence-electron chi connectivity index (χ1n) is 6.37. The second-order valence-corrected chi connectivity index (χ2v) is 4.86. The number of nitriles is 1. The van der Waals surface area contributed by atoms with E-state index in [-0.39, 0.29) is 5.41 Å². The fourth-order valence-corrected chi connectivity index (χ4v) is 2.47. The van der Waals surface area contributed by atoms with Gasteiger partial charge in [-0.1, -0.05) is 13.8 Å². The molecular formula is C13H26N2OS. The van der Waals surface area contributed by atoms with Crippen LogP contribution in [-0.4, -0.2) is 44.0 Å². The smallest absolute Gasteiger partial charge is 0.0635 e. The van der Waals surface area contributed by atoms with Crippen molar-refractivity contribution in [1.82, 2.24) is 4.90 Å². The summed E-state index contributed by atoms with van der Waals surface area (Å²) in [5.74, 6) is 0.899. The topological polar surface area (TPSA) is 36.3 Å². The van der Waals surface area contributed by atoms with Crippen LogP contribution in [0.15, 0.2) is 0 Å². The SMILES string of the molecule is CCC(CC)(CS)CN(CCC#N)CCOC. The first kappa shape index (κ1) is 16.8. The van der Waals surface area contributed by atoms with Gasteiger partial charge in [0.05, 0.1) is 12.7 Å². The molecule has 0 aromatic rings. The summed E-state index contributed by atoms with van der Waals surface area (Å²) in [5.41, 5.74) is 0.270. The molecule has 0 aromatic heterocycles. The van der Waals surface area contributed by atoms with Crippen LogP contribution in [0.4, 0.5) is 0 Å². The Labute approximate surface area is 112 Å². The first-order chi connectivity index (χ1) is 8.17. The maximum absolute atomic E-state index is 8.69. The van der Waals surface area contributed by atoms with Gasteiger partial charge >= 0.3 is 0 Å². The maximum Gasteiger partial charge on any atom is 0.0635 e. The molecule has 17 heavy (non-hydrogen) atoms. The van der Waals surface area contributed by atoms with Crippen LogP contribution in [0.3, 0.4) is 0 Å². The van der Waals surface area contributed by atoms with E-state index in [2.05, 4.69) is 37.4 Å². The number of ether oxygens (including phenoxy) is 1. The first-order valence-corrected chi connectivity index (χ1v) is 7.00. The van der Waals surface area contributed by atoms with Crippen molar-refractivity contribution in [3.8, 4) is 6.07 Å². The largest absolute Gasteiger partial charge is 0.383 e. The van der Waals surface area contributed by atoms with Gasteiger partial charge in [-0.15, -0.1) is 0 Å². The normalized spacial score (nSPS) is 11.8. The molecule has 0 saturated heterocycles. The Morgan fingerprint density at radius 3 is 2.35 bits per heavy atom. The van der Waals surface area contributed by atoms with Gasteiger partial charge in [0, 0.05) is 33.2 Å². The molecule has 0 aliphatic carbocycles. The van der Waals surface area contributed by atoms with Gasteiger partial charge in [-0.25, -0.2) is 0 Å². The maximum atomic E-state index is 8.69. The van der Waals surface area contributed by atoms with Gasteiger partial charge in [-0.3, -0.25) is 4.90 Å². The molecular weight excluding hydrogens is 232 g/mol. The van der Waals surface area contributed by atoms with Crippen LogP contribution < -0.4 is 0 Å². The number of hydrogen-bond donors (Lipinski definition) is 1. The van der Waals surface area contributed by atoms with Crippen LogP contribution in [0.1, 0.15) is 33.1 Å². The lowest BCUT2D eigenvalue weighted by atomic mass is 9.84. The van der Waals surface area contributed by atoms with E-state index in [1.807, 2.05) is 0 Å². The predicted octanol–water partition coefficient (Wildman–Crippen LogP) is 2.58. The Hall–Kier alpha value is -0.240. The average Bonchev–Trinajstić information content (AvgIpc) is 2.38. The summed E-state index contributed by atoms with van der Waals surface area (Å²) in [5, 5.41) is 8.69. The number of thiol groups is 1. The minimum absolute atomic E-state index is 0.270. The Bertz CT molecular complexity index is 216. The molecule has 0 rings (SSSR count). The molecule has 0 aliphatic rings. The van der Waals surface area contributed by atoms with Gasteiger partial charge in [-0.2, -0.15) is 17.9 Å². The van der Waals surface area contributed by atoms with Crippen molar-refractivity contribution in [3.63, 3.8) is 0 Å². The molecule has 0 amide bonds. The second kappa shape index (κ2) is 9.76. The van der Waals surface area contributed by atoms with E-state index in [0.29, 0.717) is 6.42 Å². The number of nitrogens with zero attached hydrogens (tertiary/aromatic N) is 2. The van der Waals surface area contributed by atoms with Crippen molar-refractivity contribution in [2.45, 2.75) is 33.1 Å². The molecule has 100 valence electrons. The van der Waals surface area contributed by atoms with E-state index in [1.54, 1.807) is 7.11 Å². The molecule has 0 N–H and O–H groups in total. The van der Waals surface area contributed by atoms with E-state index in [1.165, 1.54) is 0 Å². The van der Waals surface area contributed by atoms with Crippen molar-refractivity contribution in [3.05, 3.63) is 0 Å². The Morgan fingerprint density at radius 1 is 1.29 bits per heavy atom. The molecule has 0 fully saturated rings. The quantitative estimate of drug-likeness (QED) is 0.612. The van der Waals surface area contributed by atoms with E-state index in [0.717, 1.165) is 44.8 Å². The minimum Gasteiger partial charge on any atom is -0.383 e. The van der Waals surface area contributed by atoms with E-state index in [9.17, 15) is 0 Å².